The van der Waals surface area contributed by atoms with Gasteiger partial charge in [-0.05, 0) is 19.1 Å². The molecule has 0 aliphatic rings. The van der Waals surface area contributed by atoms with Crippen LogP contribution in [0.3, 0.4) is 0 Å². The average Bonchev–Trinajstić information content (AvgIpc) is 3.04. The third kappa shape index (κ3) is 2.01. The first-order valence-electron chi connectivity index (χ1n) is 6.64. The molecule has 5 heteroatoms. The molecular formula is C14H17N5. The molecule has 0 aliphatic carbocycles. The van der Waals surface area contributed by atoms with Gasteiger partial charge in [-0.2, -0.15) is 5.10 Å². The quantitative estimate of drug-likeness (QED) is 0.718. The molecule has 3 rings (SSSR count). The molecule has 3 aromatic rings. The number of aromatic nitrogens is 5. The molecule has 0 unspecified atom stereocenters. The molecule has 0 spiro atoms. The number of hydrogen-bond acceptors (Lipinski definition) is 3. The molecule has 0 radical (unpaired) electrons. The third-order valence-corrected chi connectivity index (χ3v) is 3.34. The number of hydrogen-bond donors (Lipinski definition) is 0. The van der Waals surface area contributed by atoms with Gasteiger partial charge in [0, 0.05) is 13.0 Å². The van der Waals surface area contributed by atoms with Crippen molar-refractivity contribution in [1.82, 2.24) is 24.3 Å². The zero-order valence-corrected chi connectivity index (χ0v) is 11.2. The van der Waals surface area contributed by atoms with Crippen LogP contribution in [0.25, 0.3) is 11.0 Å². The van der Waals surface area contributed by atoms with Gasteiger partial charge in [0.1, 0.15) is 18.0 Å². The van der Waals surface area contributed by atoms with Gasteiger partial charge in [0.25, 0.3) is 0 Å². The maximum atomic E-state index is 4.67. The van der Waals surface area contributed by atoms with Crippen LogP contribution in [0.1, 0.15) is 25.5 Å². The van der Waals surface area contributed by atoms with E-state index in [-0.39, 0.29) is 0 Å². The summed E-state index contributed by atoms with van der Waals surface area (Å²) in [5.41, 5.74) is 2.20. The first-order valence-corrected chi connectivity index (χ1v) is 6.64. The van der Waals surface area contributed by atoms with Crippen LogP contribution in [0, 0.1) is 0 Å². The molecule has 1 aromatic carbocycles. The Bertz CT molecular complexity index is 695. The second-order valence-corrected chi connectivity index (χ2v) is 4.45. The number of aryl methyl sites for hydroxylation is 2. The van der Waals surface area contributed by atoms with E-state index in [2.05, 4.69) is 45.6 Å². The van der Waals surface area contributed by atoms with E-state index in [1.54, 1.807) is 6.33 Å². The van der Waals surface area contributed by atoms with E-state index in [9.17, 15) is 0 Å². The highest BCUT2D eigenvalue weighted by Gasteiger charge is 2.11. The zero-order chi connectivity index (χ0) is 13.2. The summed E-state index contributed by atoms with van der Waals surface area (Å²) in [4.78, 5) is 9.02. The van der Waals surface area contributed by atoms with Crippen LogP contribution in [0.5, 0.6) is 0 Å². The molecule has 0 saturated heterocycles. The maximum Gasteiger partial charge on any atom is 0.146 e. The topological polar surface area (TPSA) is 48.5 Å². The molecule has 0 N–H and O–H groups in total. The molecule has 0 amide bonds. The van der Waals surface area contributed by atoms with Gasteiger partial charge in [-0.15, -0.1) is 0 Å². The van der Waals surface area contributed by atoms with E-state index in [0.717, 1.165) is 42.2 Å². The van der Waals surface area contributed by atoms with Crippen LogP contribution in [0.4, 0.5) is 0 Å². The summed E-state index contributed by atoms with van der Waals surface area (Å²) in [5, 5.41) is 4.22. The lowest BCUT2D eigenvalue weighted by Crippen LogP contribution is -2.11. The Morgan fingerprint density at radius 1 is 1.11 bits per heavy atom. The Balaban J connectivity index is 2.09. The number of imidazole rings is 1. The molecule has 2 heterocycles. The SMILES string of the molecule is CCc1nc2ccccc2n1Cc1ncnn1CC. The average molecular weight is 255 g/mol. The molecule has 0 aliphatic heterocycles. The Morgan fingerprint density at radius 2 is 1.95 bits per heavy atom. The standard InChI is InChI=1S/C14H17N5/c1-3-13-17-11-7-5-6-8-12(11)18(13)9-14-15-10-16-19(14)4-2/h5-8,10H,3-4,9H2,1-2H3. The number of fused-ring (bicyclic) bond motifs is 1. The van der Waals surface area contributed by atoms with Crippen molar-refractivity contribution in [2.24, 2.45) is 0 Å². The molecule has 19 heavy (non-hydrogen) atoms. The smallest absolute Gasteiger partial charge is 0.146 e. The Kier molecular flexibility index (Phi) is 3.03. The monoisotopic (exact) mass is 255 g/mol. The van der Waals surface area contributed by atoms with Crippen LogP contribution in [0.15, 0.2) is 30.6 Å². The number of rotatable bonds is 4. The third-order valence-electron chi connectivity index (χ3n) is 3.34. The highest BCUT2D eigenvalue weighted by atomic mass is 15.3. The molecule has 98 valence electrons. The zero-order valence-electron chi connectivity index (χ0n) is 11.2. The van der Waals surface area contributed by atoms with E-state index >= 15 is 0 Å². The van der Waals surface area contributed by atoms with Crippen molar-refractivity contribution >= 4 is 11.0 Å². The van der Waals surface area contributed by atoms with Crippen LogP contribution in [0.2, 0.25) is 0 Å². The van der Waals surface area contributed by atoms with E-state index in [0.29, 0.717) is 0 Å². The van der Waals surface area contributed by atoms with Crippen molar-refractivity contribution in [1.29, 1.82) is 0 Å². The van der Waals surface area contributed by atoms with Gasteiger partial charge < -0.3 is 4.57 Å². The van der Waals surface area contributed by atoms with Gasteiger partial charge in [0.15, 0.2) is 0 Å². The highest BCUT2D eigenvalue weighted by molar-refractivity contribution is 5.75. The normalized spacial score (nSPS) is 11.3. The van der Waals surface area contributed by atoms with Gasteiger partial charge in [0.2, 0.25) is 0 Å². The van der Waals surface area contributed by atoms with Gasteiger partial charge in [0.05, 0.1) is 17.6 Å². The number of benzene rings is 1. The van der Waals surface area contributed by atoms with Crippen LogP contribution in [-0.2, 0) is 19.5 Å². The Hall–Kier alpha value is -2.17. The maximum absolute atomic E-state index is 4.67. The molecule has 0 fully saturated rings. The van der Waals surface area contributed by atoms with E-state index in [4.69, 9.17) is 0 Å². The summed E-state index contributed by atoms with van der Waals surface area (Å²) >= 11 is 0. The lowest BCUT2D eigenvalue weighted by molar-refractivity contribution is 0.588. The minimum atomic E-state index is 0.720. The second kappa shape index (κ2) is 4.84. The fraction of sp³-hybridized carbons (Fsp3) is 0.357. The minimum absolute atomic E-state index is 0.720. The van der Waals surface area contributed by atoms with Crippen molar-refractivity contribution < 1.29 is 0 Å². The van der Waals surface area contributed by atoms with E-state index in [1.807, 2.05) is 16.8 Å². The largest absolute Gasteiger partial charge is 0.320 e. The van der Waals surface area contributed by atoms with Gasteiger partial charge in [-0.3, -0.25) is 0 Å². The molecule has 2 aromatic heterocycles. The van der Waals surface area contributed by atoms with E-state index in [1.165, 1.54) is 0 Å². The summed E-state index contributed by atoms with van der Waals surface area (Å²) in [7, 11) is 0. The summed E-state index contributed by atoms with van der Waals surface area (Å²) in [6, 6.07) is 8.22. The summed E-state index contributed by atoms with van der Waals surface area (Å²) < 4.78 is 4.15. The predicted octanol–water partition coefficient (Wildman–Crippen LogP) is 2.26. The highest BCUT2D eigenvalue weighted by Crippen LogP contribution is 2.17. The Labute approximate surface area is 111 Å². The molecule has 5 nitrogen and oxygen atoms in total. The van der Waals surface area contributed by atoms with Crippen LogP contribution >= 0.6 is 0 Å². The molecule has 0 atom stereocenters. The number of para-hydroxylation sites is 2. The first kappa shape index (κ1) is 11.9. The molecule has 0 saturated carbocycles. The summed E-state index contributed by atoms with van der Waals surface area (Å²) in [5.74, 6) is 2.06. The fourth-order valence-electron chi connectivity index (χ4n) is 2.39. The Morgan fingerprint density at radius 3 is 2.74 bits per heavy atom. The lowest BCUT2D eigenvalue weighted by atomic mass is 10.3. The van der Waals surface area contributed by atoms with Crippen LogP contribution in [-0.4, -0.2) is 24.3 Å². The van der Waals surface area contributed by atoms with Crippen molar-refractivity contribution in [3.63, 3.8) is 0 Å². The lowest BCUT2D eigenvalue weighted by Gasteiger charge is -2.08. The number of nitrogens with zero attached hydrogens (tertiary/aromatic N) is 5. The summed E-state index contributed by atoms with van der Waals surface area (Å²) in [6.07, 6.45) is 2.53. The molecule has 0 bridgehead atoms. The van der Waals surface area contributed by atoms with Gasteiger partial charge >= 0.3 is 0 Å². The van der Waals surface area contributed by atoms with E-state index < -0.39 is 0 Å². The fourth-order valence-corrected chi connectivity index (χ4v) is 2.39. The van der Waals surface area contributed by atoms with Gasteiger partial charge in [-0.25, -0.2) is 14.6 Å². The predicted molar refractivity (Wildman–Crippen MR) is 73.9 cm³/mol. The first-order chi connectivity index (χ1) is 9.33. The van der Waals surface area contributed by atoms with Crippen molar-refractivity contribution in [3.8, 4) is 0 Å². The minimum Gasteiger partial charge on any atom is -0.320 e. The summed E-state index contributed by atoms with van der Waals surface area (Å²) in [6.45, 7) is 5.76. The van der Waals surface area contributed by atoms with Gasteiger partial charge in [-0.1, -0.05) is 19.1 Å². The van der Waals surface area contributed by atoms with Crippen LogP contribution < -0.4 is 0 Å². The second-order valence-electron chi connectivity index (χ2n) is 4.45. The van der Waals surface area contributed by atoms with Crippen molar-refractivity contribution in [3.05, 3.63) is 42.2 Å². The molecular weight excluding hydrogens is 238 g/mol. The van der Waals surface area contributed by atoms with Crippen molar-refractivity contribution in [2.45, 2.75) is 33.4 Å². The van der Waals surface area contributed by atoms with Crippen molar-refractivity contribution in [2.75, 3.05) is 0 Å².